The van der Waals surface area contributed by atoms with Crippen LogP contribution in [0, 0.1) is 5.92 Å². The van der Waals surface area contributed by atoms with Crippen molar-refractivity contribution in [3.05, 3.63) is 0 Å². The second-order valence-electron chi connectivity index (χ2n) is 2.17. The van der Waals surface area contributed by atoms with Crippen molar-refractivity contribution in [2.75, 3.05) is 0 Å². The molecule has 0 radical (unpaired) electrons. The Balaban J connectivity index is 3.33. The van der Waals surface area contributed by atoms with Gasteiger partial charge in [-0.3, -0.25) is 0 Å². The Bertz CT molecular complexity index is 57.2. The third-order valence-corrected chi connectivity index (χ3v) is 2.43. The van der Waals surface area contributed by atoms with Crippen LogP contribution >= 0.6 is 8.20 Å². The number of rotatable bonds is 2. The van der Waals surface area contributed by atoms with Gasteiger partial charge in [-0.15, -0.1) is 8.20 Å². The zero-order valence-corrected chi connectivity index (χ0v) is 6.20. The zero-order chi connectivity index (χ0) is 5.86. The van der Waals surface area contributed by atoms with Crippen LogP contribution in [0.1, 0.15) is 20.8 Å². The molecule has 0 aliphatic rings. The summed E-state index contributed by atoms with van der Waals surface area (Å²) in [6.45, 7) is 6.67. The van der Waals surface area contributed by atoms with E-state index in [9.17, 15) is 0 Å². The van der Waals surface area contributed by atoms with Gasteiger partial charge in [0.15, 0.2) is 0 Å². The van der Waals surface area contributed by atoms with Gasteiger partial charge in [-0.2, -0.15) is 0 Å². The van der Waals surface area contributed by atoms with Gasteiger partial charge in [-0.05, 0) is 11.6 Å². The second-order valence-corrected chi connectivity index (χ2v) is 3.35. The van der Waals surface area contributed by atoms with E-state index in [-0.39, 0.29) is 0 Å². The standard InChI is InChI=1S/C6H13P/c1-5(2)6(3)7-4/h5-6H,4H2,1-3H3. The lowest BCUT2D eigenvalue weighted by Crippen LogP contribution is -2.00. The Morgan fingerprint density at radius 3 is 1.71 bits per heavy atom. The molecule has 1 unspecified atom stereocenters. The van der Waals surface area contributed by atoms with Crippen molar-refractivity contribution in [3.8, 4) is 0 Å². The van der Waals surface area contributed by atoms with Crippen molar-refractivity contribution in [1.82, 2.24) is 0 Å². The van der Waals surface area contributed by atoms with E-state index in [4.69, 9.17) is 0 Å². The molecule has 0 nitrogen and oxygen atoms in total. The van der Waals surface area contributed by atoms with Crippen LogP contribution in [0.15, 0.2) is 0 Å². The molecule has 0 aliphatic heterocycles. The third-order valence-electron chi connectivity index (χ3n) is 1.25. The smallest absolute Gasteiger partial charge is 0.000217 e. The highest BCUT2D eigenvalue weighted by atomic mass is 31.1. The summed E-state index contributed by atoms with van der Waals surface area (Å²) >= 11 is 0. The van der Waals surface area contributed by atoms with Crippen molar-refractivity contribution in [2.45, 2.75) is 26.4 Å². The third kappa shape index (κ3) is 2.82. The van der Waals surface area contributed by atoms with Gasteiger partial charge >= 0.3 is 0 Å². The fourth-order valence-corrected chi connectivity index (χ4v) is 0.632. The predicted octanol–water partition coefficient (Wildman–Crippen LogP) is 2.41. The molecule has 0 fully saturated rings. The summed E-state index contributed by atoms with van der Waals surface area (Å²) in [5.74, 6) is 0.791. The van der Waals surface area contributed by atoms with Gasteiger partial charge in [-0.1, -0.05) is 27.1 Å². The maximum atomic E-state index is 3.78. The van der Waals surface area contributed by atoms with E-state index in [0.717, 1.165) is 11.6 Å². The fraction of sp³-hybridized carbons (Fsp3) is 0.833. The Labute approximate surface area is 47.7 Å². The zero-order valence-electron chi connectivity index (χ0n) is 5.31. The maximum absolute atomic E-state index is 3.78. The average Bonchev–Trinajstić information content (AvgIpc) is 1.65. The quantitative estimate of drug-likeness (QED) is 0.486. The summed E-state index contributed by atoms with van der Waals surface area (Å²) < 4.78 is 0. The minimum Gasteiger partial charge on any atom is -0.109 e. The molecule has 0 saturated heterocycles. The largest absolute Gasteiger partial charge is 0.109 e. The van der Waals surface area contributed by atoms with E-state index in [1.807, 2.05) is 0 Å². The van der Waals surface area contributed by atoms with Crippen LogP contribution in [-0.2, 0) is 0 Å². The van der Waals surface area contributed by atoms with E-state index in [0.29, 0.717) is 0 Å². The van der Waals surface area contributed by atoms with Crippen molar-refractivity contribution in [2.24, 2.45) is 5.92 Å². The monoisotopic (exact) mass is 116 g/mol. The van der Waals surface area contributed by atoms with Crippen molar-refractivity contribution >= 4 is 14.5 Å². The molecule has 7 heavy (non-hydrogen) atoms. The molecule has 0 amide bonds. The first-order valence-electron chi connectivity index (χ1n) is 2.64. The Hall–Kier alpha value is 0.170. The highest BCUT2D eigenvalue weighted by Gasteiger charge is 1.99. The topological polar surface area (TPSA) is 0 Å². The van der Waals surface area contributed by atoms with E-state index in [2.05, 4.69) is 27.1 Å². The lowest BCUT2D eigenvalue weighted by molar-refractivity contribution is 0.641. The van der Waals surface area contributed by atoms with E-state index >= 15 is 0 Å². The van der Waals surface area contributed by atoms with Crippen molar-refractivity contribution in [3.63, 3.8) is 0 Å². The van der Waals surface area contributed by atoms with E-state index in [1.165, 1.54) is 8.20 Å². The van der Waals surface area contributed by atoms with Gasteiger partial charge in [0.2, 0.25) is 0 Å². The summed E-state index contributed by atoms with van der Waals surface area (Å²) in [7, 11) is 1.27. The molecular weight excluding hydrogens is 103 g/mol. The van der Waals surface area contributed by atoms with Gasteiger partial charge in [0.25, 0.3) is 0 Å². The van der Waals surface area contributed by atoms with Crippen LogP contribution in [0.5, 0.6) is 0 Å². The minimum absolute atomic E-state index is 0.764. The molecule has 0 saturated carbocycles. The minimum atomic E-state index is 0.764. The van der Waals surface area contributed by atoms with Crippen LogP contribution in [0.3, 0.4) is 0 Å². The molecule has 0 aromatic heterocycles. The Kier molecular flexibility index (Phi) is 3.29. The summed E-state index contributed by atoms with van der Waals surface area (Å²) in [4.78, 5) is 0. The van der Waals surface area contributed by atoms with Crippen LogP contribution in [0.4, 0.5) is 0 Å². The molecule has 42 valence electrons. The molecule has 1 heteroatoms. The Morgan fingerprint density at radius 2 is 1.71 bits per heavy atom. The predicted molar refractivity (Wildman–Crippen MR) is 38.3 cm³/mol. The van der Waals surface area contributed by atoms with E-state index in [1.54, 1.807) is 0 Å². The number of hydrogen-bond acceptors (Lipinski definition) is 0. The van der Waals surface area contributed by atoms with Gasteiger partial charge in [0.05, 0.1) is 0 Å². The van der Waals surface area contributed by atoms with Crippen LogP contribution in [0.25, 0.3) is 0 Å². The molecule has 0 heterocycles. The van der Waals surface area contributed by atoms with Crippen LogP contribution < -0.4 is 0 Å². The highest BCUT2D eigenvalue weighted by molar-refractivity contribution is 7.37. The van der Waals surface area contributed by atoms with Gasteiger partial charge in [0, 0.05) is 0 Å². The Morgan fingerprint density at radius 1 is 1.29 bits per heavy atom. The first kappa shape index (κ1) is 7.17. The molecule has 0 N–H and O–H groups in total. The first-order valence-corrected chi connectivity index (χ1v) is 3.79. The van der Waals surface area contributed by atoms with Crippen LogP contribution in [-0.4, -0.2) is 12.0 Å². The fourth-order valence-electron chi connectivity index (χ4n) is 0.211. The average molecular weight is 116 g/mol. The highest BCUT2D eigenvalue weighted by Crippen LogP contribution is 2.13. The maximum Gasteiger partial charge on any atom is -0.000217 e. The summed E-state index contributed by atoms with van der Waals surface area (Å²) in [6, 6.07) is 0. The number of hydrogen-bond donors (Lipinski definition) is 0. The lowest BCUT2D eigenvalue weighted by Gasteiger charge is -2.06. The normalized spacial score (nSPS) is 15.4. The summed E-state index contributed by atoms with van der Waals surface area (Å²) in [5.41, 5.74) is 0.764. The molecule has 1 atom stereocenters. The van der Waals surface area contributed by atoms with Gasteiger partial charge < -0.3 is 0 Å². The molecular formula is C6H13P. The molecule has 0 aromatic rings. The summed E-state index contributed by atoms with van der Waals surface area (Å²) in [6.07, 6.45) is 3.78. The van der Waals surface area contributed by atoms with Crippen molar-refractivity contribution < 1.29 is 0 Å². The van der Waals surface area contributed by atoms with Crippen LogP contribution in [0.2, 0.25) is 0 Å². The molecule has 0 bridgehead atoms. The molecule has 0 aromatic carbocycles. The first-order chi connectivity index (χ1) is 3.18. The van der Waals surface area contributed by atoms with E-state index < -0.39 is 0 Å². The molecule has 0 aliphatic carbocycles. The van der Waals surface area contributed by atoms with Crippen molar-refractivity contribution in [1.29, 1.82) is 0 Å². The SMILES string of the molecule is C=PC(C)C(C)C. The van der Waals surface area contributed by atoms with Gasteiger partial charge in [-0.25, -0.2) is 0 Å². The molecule has 0 rings (SSSR count). The van der Waals surface area contributed by atoms with Gasteiger partial charge in [0.1, 0.15) is 0 Å². The summed E-state index contributed by atoms with van der Waals surface area (Å²) in [5, 5.41) is 0. The second kappa shape index (κ2) is 3.21. The molecule has 0 spiro atoms. The lowest BCUT2D eigenvalue weighted by atomic mass is 10.2.